The molecule has 24 heavy (non-hydrogen) atoms. The molecule has 1 heterocycles. The lowest BCUT2D eigenvalue weighted by Crippen LogP contribution is -2.27. The second-order valence-electron chi connectivity index (χ2n) is 6.07. The molecule has 0 radical (unpaired) electrons. The van der Waals surface area contributed by atoms with Crippen molar-refractivity contribution in [1.82, 2.24) is 15.6 Å². The first-order valence-electron chi connectivity index (χ1n) is 8.11. The summed E-state index contributed by atoms with van der Waals surface area (Å²) < 4.78 is 0. The summed E-state index contributed by atoms with van der Waals surface area (Å²) in [7, 11) is 0. The quantitative estimate of drug-likeness (QED) is 0.822. The number of aromatic nitrogens is 1. The van der Waals surface area contributed by atoms with E-state index in [0.717, 1.165) is 12.0 Å². The summed E-state index contributed by atoms with van der Waals surface area (Å²) in [6, 6.07) is 11.2. The molecule has 5 nitrogen and oxygen atoms in total. The summed E-state index contributed by atoms with van der Waals surface area (Å²) in [6.45, 7) is 5.25. The third kappa shape index (κ3) is 5.50. The van der Waals surface area contributed by atoms with Crippen molar-refractivity contribution in [2.75, 3.05) is 6.54 Å². The Bertz CT molecular complexity index is 684. The van der Waals surface area contributed by atoms with E-state index in [9.17, 15) is 9.59 Å². The molecule has 0 atom stereocenters. The first-order chi connectivity index (χ1) is 11.6. The Morgan fingerprint density at radius 1 is 1.00 bits per heavy atom. The SMILES string of the molecule is CC(C)CCNC(=O)c1cncc(C(=O)NCc2ccccc2)c1. The van der Waals surface area contributed by atoms with Crippen LogP contribution in [-0.2, 0) is 6.54 Å². The maximum Gasteiger partial charge on any atom is 0.253 e. The highest BCUT2D eigenvalue weighted by atomic mass is 16.2. The second-order valence-corrected chi connectivity index (χ2v) is 6.07. The number of hydrogen-bond donors (Lipinski definition) is 2. The van der Waals surface area contributed by atoms with Crippen molar-refractivity contribution in [2.45, 2.75) is 26.8 Å². The Morgan fingerprint density at radius 3 is 2.25 bits per heavy atom. The zero-order chi connectivity index (χ0) is 17.4. The van der Waals surface area contributed by atoms with Gasteiger partial charge in [-0.2, -0.15) is 0 Å². The molecule has 0 unspecified atom stereocenters. The van der Waals surface area contributed by atoms with E-state index in [1.54, 1.807) is 6.07 Å². The minimum Gasteiger partial charge on any atom is -0.352 e. The van der Waals surface area contributed by atoms with Gasteiger partial charge in [-0.05, 0) is 24.0 Å². The molecule has 2 rings (SSSR count). The van der Waals surface area contributed by atoms with E-state index in [0.29, 0.717) is 30.1 Å². The van der Waals surface area contributed by atoms with E-state index in [2.05, 4.69) is 29.5 Å². The predicted octanol–water partition coefficient (Wildman–Crippen LogP) is 2.79. The number of nitrogens with one attached hydrogen (secondary N) is 2. The maximum atomic E-state index is 12.2. The van der Waals surface area contributed by atoms with Gasteiger partial charge >= 0.3 is 0 Å². The Morgan fingerprint density at radius 2 is 1.62 bits per heavy atom. The van der Waals surface area contributed by atoms with Crippen molar-refractivity contribution in [3.8, 4) is 0 Å². The van der Waals surface area contributed by atoms with Crippen LogP contribution in [-0.4, -0.2) is 23.3 Å². The van der Waals surface area contributed by atoms with Gasteiger partial charge in [0, 0.05) is 25.5 Å². The zero-order valence-corrected chi connectivity index (χ0v) is 14.1. The number of hydrogen-bond acceptors (Lipinski definition) is 3. The smallest absolute Gasteiger partial charge is 0.253 e. The molecule has 0 aliphatic carbocycles. The van der Waals surface area contributed by atoms with Crippen LogP contribution in [0.1, 0.15) is 46.5 Å². The van der Waals surface area contributed by atoms with E-state index in [1.165, 1.54) is 12.4 Å². The normalized spacial score (nSPS) is 10.5. The van der Waals surface area contributed by atoms with Crippen molar-refractivity contribution >= 4 is 11.8 Å². The Kier molecular flexibility index (Phi) is 6.49. The number of carbonyl (C=O) groups is 2. The zero-order valence-electron chi connectivity index (χ0n) is 14.1. The third-order valence-corrected chi connectivity index (χ3v) is 3.57. The van der Waals surface area contributed by atoms with E-state index >= 15 is 0 Å². The van der Waals surface area contributed by atoms with Gasteiger partial charge in [0.25, 0.3) is 11.8 Å². The molecular weight excluding hydrogens is 302 g/mol. The van der Waals surface area contributed by atoms with Crippen molar-refractivity contribution in [2.24, 2.45) is 5.92 Å². The van der Waals surface area contributed by atoms with Crippen LogP contribution in [0, 0.1) is 5.92 Å². The maximum absolute atomic E-state index is 12.2. The first kappa shape index (κ1) is 17.7. The highest BCUT2D eigenvalue weighted by Gasteiger charge is 2.11. The summed E-state index contributed by atoms with van der Waals surface area (Å²) in [6.07, 6.45) is 3.85. The van der Waals surface area contributed by atoms with Crippen molar-refractivity contribution in [1.29, 1.82) is 0 Å². The fourth-order valence-electron chi connectivity index (χ4n) is 2.14. The summed E-state index contributed by atoms with van der Waals surface area (Å²) in [5, 5.41) is 5.67. The van der Waals surface area contributed by atoms with Crippen LogP contribution in [0.15, 0.2) is 48.8 Å². The molecule has 0 aliphatic heterocycles. The Balaban J connectivity index is 1.93. The molecule has 0 spiro atoms. The molecule has 0 bridgehead atoms. The summed E-state index contributed by atoms with van der Waals surface area (Å²) in [5.74, 6) is 0.0718. The van der Waals surface area contributed by atoms with Gasteiger partial charge in [-0.25, -0.2) is 0 Å². The van der Waals surface area contributed by atoms with Gasteiger partial charge in [0.05, 0.1) is 11.1 Å². The van der Waals surface area contributed by atoms with Crippen LogP contribution in [0.25, 0.3) is 0 Å². The van der Waals surface area contributed by atoms with Crippen LogP contribution in [0.2, 0.25) is 0 Å². The molecule has 0 saturated carbocycles. The predicted molar refractivity (Wildman–Crippen MR) is 93.6 cm³/mol. The molecule has 2 aromatic rings. The van der Waals surface area contributed by atoms with Crippen molar-refractivity contribution < 1.29 is 9.59 Å². The highest BCUT2D eigenvalue weighted by Crippen LogP contribution is 2.05. The number of carbonyl (C=O) groups excluding carboxylic acids is 2. The summed E-state index contributed by atoms with van der Waals surface area (Å²) in [5.41, 5.74) is 1.79. The van der Waals surface area contributed by atoms with E-state index in [1.807, 2.05) is 30.3 Å². The van der Waals surface area contributed by atoms with Crippen molar-refractivity contribution in [3.63, 3.8) is 0 Å². The number of pyridine rings is 1. The van der Waals surface area contributed by atoms with Gasteiger partial charge in [0.15, 0.2) is 0 Å². The summed E-state index contributed by atoms with van der Waals surface area (Å²) in [4.78, 5) is 28.3. The molecule has 126 valence electrons. The Labute approximate surface area is 142 Å². The van der Waals surface area contributed by atoms with E-state index in [4.69, 9.17) is 0 Å². The monoisotopic (exact) mass is 325 g/mol. The fraction of sp³-hybridized carbons (Fsp3) is 0.316. The number of rotatable bonds is 7. The van der Waals surface area contributed by atoms with E-state index < -0.39 is 0 Å². The van der Waals surface area contributed by atoms with Crippen LogP contribution in [0.4, 0.5) is 0 Å². The molecular formula is C19H23N3O2. The summed E-state index contributed by atoms with van der Waals surface area (Å²) >= 11 is 0. The van der Waals surface area contributed by atoms with Crippen LogP contribution < -0.4 is 10.6 Å². The van der Waals surface area contributed by atoms with Crippen LogP contribution >= 0.6 is 0 Å². The average Bonchev–Trinajstić information content (AvgIpc) is 2.60. The standard InChI is InChI=1S/C19H23N3O2/c1-14(2)8-9-21-18(23)16-10-17(13-20-12-16)19(24)22-11-15-6-4-3-5-7-15/h3-7,10,12-14H,8-9,11H2,1-2H3,(H,21,23)(H,22,24). The highest BCUT2D eigenvalue weighted by molar-refractivity contribution is 5.99. The average molecular weight is 325 g/mol. The lowest BCUT2D eigenvalue weighted by molar-refractivity contribution is 0.0950. The number of amides is 2. The van der Waals surface area contributed by atoms with Gasteiger partial charge < -0.3 is 10.6 Å². The van der Waals surface area contributed by atoms with Gasteiger partial charge in [-0.15, -0.1) is 0 Å². The minimum atomic E-state index is -0.247. The van der Waals surface area contributed by atoms with E-state index in [-0.39, 0.29) is 11.8 Å². The molecule has 1 aromatic carbocycles. The third-order valence-electron chi connectivity index (χ3n) is 3.57. The lowest BCUT2D eigenvalue weighted by atomic mass is 10.1. The minimum absolute atomic E-state index is 0.208. The molecule has 0 fully saturated rings. The Hall–Kier alpha value is -2.69. The number of benzene rings is 1. The second kappa shape index (κ2) is 8.82. The van der Waals surface area contributed by atoms with Gasteiger partial charge in [-0.3, -0.25) is 14.6 Å². The fourth-order valence-corrected chi connectivity index (χ4v) is 2.14. The molecule has 0 saturated heterocycles. The molecule has 2 N–H and O–H groups in total. The number of nitrogens with zero attached hydrogens (tertiary/aromatic N) is 1. The lowest BCUT2D eigenvalue weighted by Gasteiger charge is -2.08. The molecule has 0 aliphatic rings. The van der Waals surface area contributed by atoms with Gasteiger partial charge in [0.1, 0.15) is 0 Å². The van der Waals surface area contributed by atoms with Crippen LogP contribution in [0.3, 0.4) is 0 Å². The largest absolute Gasteiger partial charge is 0.352 e. The van der Waals surface area contributed by atoms with Crippen LogP contribution in [0.5, 0.6) is 0 Å². The first-order valence-corrected chi connectivity index (χ1v) is 8.11. The molecule has 2 amide bonds. The van der Waals surface area contributed by atoms with Gasteiger partial charge in [-0.1, -0.05) is 44.2 Å². The van der Waals surface area contributed by atoms with Crippen molar-refractivity contribution in [3.05, 3.63) is 65.5 Å². The molecule has 5 heteroatoms. The molecule has 1 aromatic heterocycles. The van der Waals surface area contributed by atoms with Gasteiger partial charge in [0.2, 0.25) is 0 Å². The topological polar surface area (TPSA) is 71.1 Å².